The summed E-state index contributed by atoms with van der Waals surface area (Å²) < 4.78 is 0.997. The van der Waals surface area contributed by atoms with Gasteiger partial charge in [0.1, 0.15) is 17.2 Å². The van der Waals surface area contributed by atoms with E-state index in [4.69, 9.17) is 0 Å². The highest BCUT2D eigenvalue weighted by atomic mass is 127. The van der Waals surface area contributed by atoms with Crippen LogP contribution in [0.25, 0.3) is 0 Å². The number of rotatable bonds is 5. The third kappa shape index (κ3) is 4.35. The van der Waals surface area contributed by atoms with Gasteiger partial charge in [0.05, 0.1) is 10.9 Å². The summed E-state index contributed by atoms with van der Waals surface area (Å²) in [6.07, 6.45) is -0.000404. The Labute approximate surface area is 180 Å². The molecule has 1 fully saturated rings. The highest BCUT2D eigenvalue weighted by Gasteiger charge is 2.40. The lowest BCUT2D eigenvalue weighted by Gasteiger charge is -2.16. The van der Waals surface area contributed by atoms with Crippen molar-refractivity contribution in [2.24, 2.45) is 0 Å². The number of nitriles is 2. The van der Waals surface area contributed by atoms with Gasteiger partial charge in [-0.3, -0.25) is 9.59 Å². The number of para-hydroxylation sites is 1. The number of anilines is 2. The van der Waals surface area contributed by atoms with E-state index in [1.54, 1.807) is 24.3 Å². The Hall–Kier alpha value is -2.82. The normalized spacial score (nSPS) is 15.7. The number of amides is 2. The lowest BCUT2D eigenvalue weighted by molar-refractivity contribution is -0.121. The Balaban J connectivity index is 1.85. The second-order valence-electron chi connectivity index (χ2n) is 5.77. The molecule has 0 unspecified atom stereocenters. The van der Waals surface area contributed by atoms with Gasteiger partial charge in [-0.15, -0.1) is 0 Å². The topological polar surface area (TPSA) is 97.0 Å². The first-order valence-corrected chi connectivity index (χ1v) is 10.1. The lowest BCUT2D eigenvalue weighted by atomic mass is 10.3. The van der Waals surface area contributed by atoms with Gasteiger partial charge in [0.15, 0.2) is 5.57 Å². The number of benzene rings is 2. The predicted molar refractivity (Wildman–Crippen MR) is 116 cm³/mol. The second-order valence-corrected chi connectivity index (χ2v) is 8.23. The molecule has 8 heteroatoms. The molecule has 2 aromatic carbocycles. The molecule has 1 aliphatic heterocycles. The zero-order valence-electron chi connectivity index (χ0n) is 14.4. The number of nitrogens with zero attached hydrogens (tertiary/aromatic N) is 3. The van der Waals surface area contributed by atoms with Crippen molar-refractivity contribution in [2.45, 2.75) is 11.7 Å². The maximum absolute atomic E-state index is 12.9. The van der Waals surface area contributed by atoms with Gasteiger partial charge in [0.25, 0.3) is 0 Å². The number of carbonyl (C=O) groups is 2. The van der Waals surface area contributed by atoms with Gasteiger partial charge in [-0.05, 0) is 59.0 Å². The van der Waals surface area contributed by atoms with Crippen LogP contribution in [-0.4, -0.2) is 17.1 Å². The molecule has 0 spiro atoms. The standard InChI is InChI=1S/C20H13IN4O2S/c21-14-6-8-16(9-7-14)25-18(26)10-17(20(25)27)28-19(13(11-22)12-23)24-15-4-2-1-3-5-15/h1-9,17,24H,10H2/t17-/m0/s1. The van der Waals surface area contributed by atoms with E-state index >= 15 is 0 Å². The van der Waals surface area contributed by atoms with Crippen LogP contribution in [0.15, 0.2) is 65.2 Å². The van der Waals surface area contributed by atoms with E-state index < -0.39 is 5.25 Å². The molecule has 0 bridgehead atoms. The van der Waals surface area contributed by atoms with Crippen molar-refractivity contribution in [2.75, 3.05) is 10.2 Å². The number of allylic oxidation sites excluding steroid dienone is 1. The van der Waals surface area contributed by atoms with E-state index in [1.807, 2.05) is 42.5 Å². The highest BCUT2D eigenvalue weighted by Crippen LogP contribution is 2.35. The molecule has 1 saturated heterocycles. The molecular formula is C20H13IN4O2S. The first kappa shape index (κ1) is 19.9. The number of thioether (sulfide) groups is 1. The number of nitrogens with one attached hydrogen (secondary N) is 1. The molecule has 28 heavy (non-hydrogen) atoms. The second kappa shape index (κ2) is 8.91. The van der Waals surface area contributed by atoms with Crippen molar-refractivity contribution in [1.29, 1.82) is 10.5 Å². The number of imide groups is 1. The molecule has 0 radical (unpaired) electrons. The van der Waals surface area contributed by atoms with E-state index in [0.29, 0.717) is 11.4 Å². The first-order valence-electron chi connectivity index (χ1n) is 8.19. The fraction of sp³-hybridized carbons (Fsp3) is 0.100. The summed E-state index contributed by atoms with van der Waals surface area (Å²) in [6.45, 7) is 0. The Kier molecular flexibility index (Phi) is 6.34. The minimum atomic E-state index is -0.713. The molecule has 2 amide bonds. The van der Waals surface area contributed by atoms with Crippen molar-refractivity contribution in [3.05, 3.63) is 68.8 Å². The summed E-state index contributed by atoms with van der Waals surface area (Å²) in [4.78, 5) is 26.5. The van der Waals surface area contributed by atoms with Crippen molar-refractivity contribution in [3.63, 3.8) is 0 Å². The van der Waals surface area contributed by atoms with Crippen LogP contribution in [0.5, 0.6) is 0 Å². The maximum Gasteiger partial charge on any atom is 0.247 e. The summed E-state index contributed by atoms with van der Waals surface area (Å²) in [5.41, 5.74) is 1.06. The van der Waals surface area contributed by atoms with Crippen LogP contribution < -0.4 is 10.2 Å². The number of halogens is 1. The van der Waals surface area contributed by atoms with Gasteiger partial charge < -0.3 is 5.32 Å². The van der Waals surface area contributed by atoms with E-state index in [0.717, 1.165) is 20.2 Å². The van der Waals surface area contributed by atoms with E-state index in [2.05, 4.69) is 27.9 Å². The average Bonchev–Trinajstić information content (AvgIpc) is 2.97. The van der Waals surface area contributed by atoms with Crippen LogP contribution >= 0.6 is 34.4 Å². The number of hydrogen-bond donors (Lipinski definition) is 1. The Morgan fingerprint density at radius 3 is 2.32 bits per heavy atom. The summed E-state index contributed by atoms with van der Waals surface area (Å²) in [6, 6.07) is 19.8. The van der Waals surface area contributed by atoms with Gasteiger partial charge >= 0.3 is 0 Å². The molecule has 0 aromatic heterocycles. The van der Waals surface area contributed by atoms with Crippen LogP contribution in [0.4, 0.5) is 11.4 Å². The average molecular weight is 500 g/mol. The maximum atomic E-state index is 12.9. The molecule has 1 aliphatic rings. The molecular weight excluding hydrogens is 487 g/mol. The van der Waals surface area contributed by atoms with Gasteiger partial charge in [0.2, 0.25) is 11.8 Å². The van der Waals surface area contributed by atoms with Crippen molar-refractivity contribution in [3.8, 4) is 12.1 Å². The zero-order valence-corrected chi connectivity index (χ0v) is 17.4. The summed E-state index contributed by atoms with van der Waals surface area (Å²) in [5, 5.41) is 21.1. The summed E-state index contributed by atoms with van der Waals surface area (Å²) >= 11 is 3.18. The van der Waals surface area contributed by atoms with Gasteiger partial charge in [0, 0.05) is 15.7 Å². The van der Waals surface area contributed by atoms with Crippen LogP contribution in [-0.2, 0) is 9.59 Å². The minimum absolute atomic E-state index is 0.000404. The Morgan fingerprint density at radius 2 is 1.71 bits per heavy atom. The Morgan fingerprint density at radius 1 is 1.07 bits per heavy atom. The summed E-state index contributed by atoms with van der Waals surface area (Å²) in [7, 11) is 0. The summed E-state index contributed by atoms with van der Waals surface area (Å²) in [5.74, 6) is -0.669. The number of carbonyl (C=O) groups excluding carboxylic acids is 2. The third-order valence-electron chi connectivity index (χ3n) is 3.93. The molecule has 1 atom stereocenters. The smallest absolute Gasteiger partial charge is 0.247 e. The zero-order chi connectivity index (χ0) is 20.1. The van der Waals surface area contributed by atoms with E-state index in [9.17, 15) is 20.1 Å². The largest absolute Gasteiger partial charge is 0.349 e. The lowest BCUT2D eigenvalue weighted by Crippen LogP contribution is -2.31. The number of hydrogen-bond acceptors (Lipinski definition) is 6. The molecule has 1 heterocycles. The van der Waals surface area contributed by atoms with Crippen molar-refractivity contribution in [1.82, 2.24) is 0 Å². The molecule has 1 N–H and O–H groups in total. The predicted octanol–water partition coefficient (Wildman–Crippen LogP) is 4.03. The van der Waals surface area contributed by atoms with E-state index in [1.165, 1.54) is 0 Å². The molecule has 6 nitrogen and oxygen atoms in total. The molecule has 0 aliphatic carbocycles. The van der Waals surface area contributed by atoms with Gasteiger partial charge in [-0.2, -0.15) is 10.5 Å². The van der Waals surface area contributed by atoms with Crippen LogP contribution in [0.2, 0.25) is 0 Å². The van der Waals surface area contributed by atoms with Crippen molar-refractivity contribution < 1.29 is 9.59 Å². The van der Waals surface area contributed by atoms with Crippen molar-refractivity contribution >= 4 is 57.5 Å². The van der Waals surface area contributed by atoms with Crippen LogP contribution in [0, 0.1) is 26.2 Å². The van der Waals surface area contributed by atoms with Gasteiger partial charge in [-0.1, -0.05) is 30.0 Å². The fourth-order valence-electron chi connectivity index (χ4n) is 2.63. The van der Waals surface area contributed by atoms with E-state index in [-0.39, 0.29) is 28.8 Å². The monoisotopic (exact) mass is 500 g/mol. The quantitative estimate of drug-likeness (QED) is 0.379. The SMILES string of the molecule is N#CC(C#N)=C(Nc1ccccc1)S[C@H]1CC(=O)N(c2ccc(I)cc2)C1=O. The molecule has 138 valence electrons. The van der Waals surface area contributed by atoms with Gasteiger partial charge in [-0.25, -0.2) is 4.90 Å². The first-order chi connectivity index (χ1) is 13.5. The van der Waals surface area contributed by atoms with Crippen LogP contribution in [0.1, 0.15) is 6.42 Å². The molecule has 3 rings (SSSR count). The molecule has 0 saturated carbocycles. The Bertz CT molecular complexity index is 1010. The third-order valence-corrected chi connectivity index (χ3v) is 5.85. The van der Waals surface area contributed by atoms with Crippen LogP contribution in [0.3, 0.4) is 0 Å². The molecule has 2 aromatic rings. The minimum Gasteiger partial charge on any atom is -0.349 e. The highest BCUT2D eigenvalue weighted by molar-refractivity contribution is 14.1. The fourth-order valence-corrected chi connectivity index (χ4v) is 4.09.